The van der Waals surface area contributed by atoms with E-state index in [2.05, 4.69) is 29.4 Å². The Morgan fingerprint density at radius 2 is 1.84 bits per heavy atom. The molecule has 2 aromatic carbocycles. The minimum atomic E-state index is -3.59. The molecule has 7 nitrogen and oxygen atoms in total. The average molecular weight is 459 g/mol. The van der Waals surface area contributed by atoms with Crippen molar-refractivity contribution in [2.75, 3.05) is 18.4 Å². The van der Waals surface area contributed by atoms with Crippen molar-refractivity contribution in [2.45, 2.75) is 38.0 Å². The van der Waals surface area contributed by atoms with Crippen LogP contribution in [0.1, 0.15) is 31.7 Å². The van der Waals surface area contributed by atoms with E-state index >= 15 is 0 Å². The number of hydrogen-bond donors (Lipinski definition) is 1. The Morgan fingerprint density at radius 3 is 2.55 bits per heavy atom. The molecule has 164 valence electrons. The molecule has 3 aromatic rings. The van der Waals surface area contributed by atoms with Crippen LogP contribution in [0, 0.1) is 11.8 Å². The number of fused-ring (bicyclic) bond motifs is 1. The van der Waals surface area contributed by atoms with E-state index < -0.39 is 10.0 Å². The number of hydrogen-bond acceptors (Lipinski definition) is 6. The lowest BCUT2D eigenvalue weighted by Crippen LogP contribution is -2.41. The first kappa shape index (κ1) is 21.9. The molecular formula is C22H26N4O3S2. The van der Waals surface area contributed by atoms with Crippen molar-refractivity contribution in [1.29, 1.82) is 0 Å². The van der Waals surface area contributed by atoms with Gasteiger partial charge in [-0.1, -0.05) is 55.5 Å². The highest BCUT2D eigenvalue weighted by Crippen LogP contribution is 2.27. The fourth-order valence-corrected chi connectivity index (χ4v) is 6.24. The van der Waals surface area contributed by atoms with Gasteiger partial charge in [-0.25, -0.2) is 8.42 Å². The Labute approximate surface area is 186 Å². The van der Waals surface area contributed by atoms with E-state index in [0.29, 0.717) is 41.9 Å². The lowest BCUT2D eigenvalue weighted by atomic mass is 9.97. The molecule has 0 spiro atoms. The van der Waals surface area contributed by atoms with Gasteiger partial charge in [-0.3, -0.25) is 4.79 Å². The maximum atomic E-state index is 13.1. The van der Waals surface area contributed by atoms with Crippen LogP contribution in [0.5, 0.6) is 0 Å². The van der Waals surface area contributed by atoms with Crippen LogP contribution in [0.3, 0.4) is 0 Å². The zero-order valence-corrected chi connectivity index (χ0v) is 19.2. The summed E-state index contributed by atoms with van der Waals surface area (Å²) in [5.41, 5.74) is 0. The molecule has 0 radical (unpaired) electrons. The van der Waals surface area contributed by atoms with Crippen LogP contribution in [0.15, 0.2) is 47.4 Å². The minimum Gasteiger partial charge on any atom is -0.300 e. The third kappa shape index (κ3) is 4.94. The van der Waals surface area contributed by atoms with Crippen molar-refractivity contribution >= 4 is 43.2 Å². The lowest BCUT2D eigenvalue weighted by Gasteiger charge is -2.30. The van der Waals surface area contributed by atoms with Gasteiger partial charge in [0.25, 0.3) is 0 Å². The molecule has 1 saturated heterocycles. The van der Waals surface area contributed by atoms with Gasteiger partial charge in [0.1, 0.15) is 5.01 Å². The first-order valence-electron chi connectivity index (χ1n) is 10.4. The topological polar surface area (TPSA) is 92.3 Å². The van der Waals surface area contributed by atoms with Gasteiger partial charge in [0.15, 0.2) is 0 Å². The smallest absolute Gasteiger partial charge is 0.243 e. The maximum Gasteiger partial charge on any atom is 0.243 e. The summed E-state index contributed by atoms with van der Waals surface area (Å²) in [6, 6.07) is 12.9. The number of carbonyl (C=O) groups excluding carboxylic acids is 1. The number of benzene rings is 2. The Hall–Kier alpha value is -2.36. The zero-order valence-electron chi connectivity index (χ0n) is 17.6. The molecule has 1 aliphatic heterocycles. The Balaban J connectivity index is 1.38. The van der Waals surface area contributed by atoms with Gasteiger partial charge in [-0.2, -0.15) is 4.31 Å². The second kappa shape index (κ2) is 9.02. The molecule has 1 aromatic heterocycles. The van der Waals surface area contributed by atoms with Crippen LogP contribution in [0.2, 0.25) is 0 Å². The number of rotatable bonds is 6. The van der Waals surface area contributed by atoms with Crippen molar-refractivity contribution < 1.29 is 13.2 Å². The number of carbonyl (C=O) groups is 1. The van der Waals surface area contributed by atoms with Crippen LogP contribution >= 0.6 is 11.3 Å². The molecule has 1 N–H and O–H groups in total. The molecule has 0 unspecified atom stereocenters. The van der Waals surface area contributed by atoms with Crippen molar-refractivity contribution in [2.24, 2.45) is 11.8 Å². The number of piperidine rings is 1. The Bertz CT molecular complexity index is 1180. The predicted molar refractivity (Wildman–Crippen MR) is 123 cm³/mol. The molecular weight excluding hydrogens is 432 g/mol. The second-order valence-corrected chi connectivity index (χ2v) is 11.3. The van der Waals surface area contributed by atoms with Crippen LogP contribution in [-0.4, -0.2) is 41.9 Å². The molecule has 0 bridgehead atoms. The largest absolute Gasteiger partial charge is 0.300 e. The summed E-state index contributed by atoms with van der Waals surface area (Å²) in [5, 5.41) is 14.3. The molecule has 31 heavy (non-hydrogen) atoms. The number of sulfonamides is 1. The number of amides is 1. The van der Waals surface area contributed by atoms with E-state index in [1.807, 2.05) is 30.3 Å². The summed E-state index contributed by atoms with van der Waals surface area (Å²) < 4.78 is 27.7. The first-order chi connectivity index (χ1) is 14.8. The molecule has 1 aliphatic rings. The van der Waals surface area contributed by atoms with Gasteiger partial charge < -0.3 is 5.32 Å². The van der Waals surface area contributed by atoms with Gasteiger partial charge in [0.2, 0.25) is 21.1 Å². The van der Waals surface area contributed by atoms with E-state index in [1.165, 1.54) is 15.6 Å². The summed E-state index contributed by atoms with van der Waals surface area (Å²) in [7, 11) is -3.59. The van der Waals surface area contributed by atoms with Crippen LogP contribution in [0.4, 0.5) is 5.13 Å². The molecule has 0 saturated carbocycles. The van der Waals surface area contributed by atoms with Crippen LogP contribution < -0.4 is 5.32 Å². The Kier molecular flexibility index (Phi) is 6.36. The second-order valence-electron chi connectivity index (χ2n) is 8.28. The summed E-state index contributed by atoms with van der Waals surface area (Å²) in [6.07, 6.45) is 1.80. The highest BCUT2D eigenvalue weighted by molar-refractivity contribution is 7.89. The number of anilines is 1. The molecule has 4 rings (SSSR count). The van der Waals surface area contributed by atoms with Gasteiger partial charge in [-0.05, 0) is 41.7 Å². The van der Waals surface area contributed by atoms with E-state index in [4.69, 9.17) is 0 Å². The summed E-state index contributed by atoms with van der Waals surface area (Å²) in [5.74, 6) is 0.126. The molecule has 1 fully saturated rings. The monoisotopic (exact) mass is 458 g/mol. The fraction of sp³-hybridized carbons (Fsp3) is 0.409. The standard InChI is InChI=1S/C22H26N4O3S2/c1-15(2)13-20-24-25-22(30-20)23-21(27)17-9-11-26(12-10-17)31(28,29)19-8-7-16-5-3-4-6-18(16)14-19/h3-8,14-15,17H,9-13H2,1-2H3,(H,23,25,27). The molecule has 0 aliphatic carbocycles. The van der Waals surface area contributed by atoms with Gasteiger partial charge in [0.05, 0.1) is 4.90 Å². The highest BCUT2D eigenvalue weighted by atomic mass is 32.2. The Morgan fingerprint density at radius 1 is 1.13 bits per heavy atom. The number of nitrogens with one attached hydrogen (secondary N) is 1. The van der Waals surface area contributed by atoms with Gasteiger partial charge >= 0.3 is 0 Å². The molecule has 2 heterocycles. The minimum absolute atomic E-state index is 0.116. The van der Waals surface area contributed by atoms with Crippen molar-refractivity contribution in [3.8, 4) is 0 Å². The van der Waals surface area contributed by atoms with Crippen molar-refractivity contribution in [3.63, 3.8) is 0 Å². The van der Waals surface area contributed by atoms with E-state index in [9.17, 15) is 13.2 Å². The molecule has 0 atom stereocenters. The SMILES string of the molecule is CC(C)Cc1nnc(NC(=O)C2CCN(S(=O)(=O)c3ccc4ccccc4c3)CC2)s1. The summed E-state index contributed by atoms with van der Waals surface area (Å²) in [6.45, 7) is 4.86. The average Bonchev–Trinajstić information content (AvgIpc) is 3.19. The third-order valence-electron chi connectivity index (χ3n) is 5.46. The van der Waals surface area contributed by atoms with Crippen molar-refractivity contribution in [1.82, 2.24) is 14.5 Å². The first-order valence-corrected chi connectivity index (χ1v) is 12.7. The lowest BCUT2D eigenvalue weighted by molar-refractivity contribution is -0.120. The summed E-state index contributed by atoms with van der Waals surface area (Å²) in [4.78, 5) is 12.9. The molecule has 1 amide bonds. The quantitative estimate of drug-likeness (QED) is 0.604. The van der Waals surface area contributed by atoms with Crippen LogP contribution in [0.25, 0.3) is 10.8 Å². The number of aromatic nitrogens is 2. The number of nitrogens with zero attached hydrogens (tertiary/aromatic N) is 3. The van der Waals surface area contributed by atoms with Gasteiger partial charge in [0, 0.05) is 25.4 Å². The molecule has 9 heteroatoms. The highest BCUT2D eigenvalue weighted by Gasteiger charge is 2.32. The fourth-order valence-electron chi connectivity index (χ4n) is 3.78. The van der Waals surface area contributed by atoms with Crippen molar-refractivity contribution in [3.05, 3.63) is 47.5 Å². The van der Waals surface area contributed by atoms with E-state index in [-0.39, 0.29) is 11.8 Å². The predicted octanol–water partition coefficient (Wildman–Crippen LogP) is 3.93. The van der Waals surface area contributed by atoms with Crippen LogP contribution in [-0.2, 0) is 21.2 Å². The normalized spacial score (nSPS) is 16.1. The zero-order chi connectivity index (χ0) is 22.0. The van der Waals surface area contributed by atoms with E-state index in [1.54, 1.807) is 12.1 Å². The third-order valence-corrected chi connectivity index (χ3v) is 8.22. The maximum absolute atomic E-state index is 13.1. The van der Waals surface area contributed by atoms with E-state index in [0.717, 1.165) is 22.2 Å². The van der Waals surface area contributed by atoms with Gasteiger partial charge in [-0.15, -0.1) is 10.2 Å². The summed E-state index contributed by atoms with van der Waals surface area (Å²) >= 11 is 1.40.